The standard InChI is InChI=1S/C37H40BrN3O4S/c1-27-18-20-34(21-19-27)46(44,45)41(33-17-8-10-28(2)22-33)26-36(42)40(25-30-13-9-14-31(38)23-30)35(24-29-11-4-3-5-12-29)37(43)39-32-15-6-7-16-32/h3-5,8-14,17-23,32,35H,6-7,15-16,24-26H2,1-2H3,(H,39,43)/t35-/m0/s1. The number of hydrogen-bond acceptors (Lipinski definition) is 4. The van der Waals surface area contributed by atoms with Gasteiger partial charge in [-0.15, -0.1) is 0 Å². The fourth-order valence-corrected chi connectivity index (χ4v) is 7.76. The lowest BCUT2D eigenvalue weighted by atomic mass is 10.0. The summed E-state index contributed by atoms with van der Waals surface area (Å²) in [7, 11) is -4.14. The average Bonchev–Trinajstić information content (AvgIpc) is 3.55. The molecule has 2 amide bonds. The molecule has 7 nitrogen and oxygen atoms in total. The molecule has 1 saturated carbocycles. The van der Waals surface area contributed by atoms with Gasteiger partial charge in [-0.05, 0) is 79.8 Å². The van der Waals surface area contributed by atoms with Gasteiger partial charge < -0.3 is 10.2 Å². The average molecular weight is 703 g/mol. The van der Waals surface area contributed by atoms with Crippen molar-refractivity contribution in [2.45, 2.75) is 69.5 Å². The Balaban J connectivity index is 1.57. The molecule has 1 aliphatic carbocycles. The maximum absolute atomic E-state index is 14.6. The van der Waals surface area contributed by atoms with Gasteiger partial charge in [-0.25, -0.2) is 8.42 Å². The van der Waals surface area contributed by atoms with E-state index in [2.05, 4.69) is 21.2 Å². The van der Waals surface area contributed by atoms with E-state index in [1.165, 1.54) is 0 Å². The summed E-state index contributed by atoms with van der Waals surface area (Å²) < 4.78 is 30.4. The summed E-state index contributed by atoms with van der Waals surface area (Å²) in [5.41, 5.74) is 3.89. The largest absolute Gasteiger partial charge is 0.352 e. The van der Waals surface area contributed by atoms with Gasteiger partial charge in [0.1, 0.15) is 12.6 Å². The Bertz CT molecular complexity index is 1760. The Morgan fingerprint density at radius 3 is 2.17 bits per heavy atom. The molecule has 0 radical (unpaired) electrons. The zero-order valence-corrected chi connectivity index (χ0v) is 28.6. The first kappa shape index (κ1) is 33.4. The van der Waals surface area contributed by atoms with Crippen LogP contribution < -0.4 is 9.62 Å². The van der Waals surface area contributed by atoms with Crippen LogP contribution in [0, 0.1) is 13.8 Å². The van der Waals surface area contributed by atoms with Crippen molar-refractivity contribution in [1.29, 1.82) is 0 Å². The normalized spacial score (nSPS) is 14.1. The predicted molar refractivity (Wildman–Crippen MR) is 186 cm³/mol. The first-order valence-corrected chi connectivity index (χ1v) is 17.9. The van der Waals surface area contributed by atoms with Crippen molar-refractivity contribution >= 4 is 43.5 Å². The van der Waals surface area contributed by atoms with Crippen LogP contribution in [0.5, 0.6) is 0 Å². The third-order valence-corrected chi connectivity index (χ3v) is 10.7. The highest BCUT2D eigenvalue weighted by Gasteiger charge is 2.35. The van der Waals surface area contributed by atoms with Gasteiger partial charge in [0.15, 0.2) is 0 Å². The van der Waals surface area contributed by atoms with Crippen LogP contribution in [-0.2, 0) is 32.6 Å². The SMILES string of the molecule is Cc1ccc(S(=O)(=O)N(CC(=O)N(Cc2cccc(Br)c2)[C@@H](Cc2ccccc2)C(=O)NC2CCCC2)c2cccc(C)c2)cc1. The zero-order valence-electron chi connectivity index (χ0n) is 26.2. The zero-order chi connectivity index (χ0) is 32.7. The minimum atomic E-state index is -4.14. The summed E-state index contributed by atoms with van der Waals surface area (Å²) in [6, 6.07) is 30.1. The van der Waals surface area contributed by atoms with Gasteiger partial charge in [0.05, 0.1) is 10.6 Å². The molecular formula is C37H40BrN3O4S. The molecule has 0 saturated heterocycles. The van der Waals surface area contributed by atoms with E-state index in [1.54, 1.807) is 47.4 Å². The molecule has 5 rings (SSSR count). The lowest BCUT2D eigenvalue weighted by Crippen LogP contribution is -2.54. The van der Waals surface area contributed by atoms with Crippen molar-refractivity contribution in [3.8, 4) is 0 Å². The topological polar surface area (TPSA) is 86.8 Å². The Kier molecular flexibility index (Phi) is 11.0. The van der Waals surface area contributed by atoms with E-state index >= 15 is 0 Å². The van der Waals surface area contributed by atoms with E-state index in [9.17, 15) is 18.0 Å². The molecule has 46 heavy (non-hydrogen) atoms. The monoisotopic (exact) mass is 701 g/mol. The first-order chi connectivity index (χ1) is 22.1. The Labute approximate surface area is 280 Å². The number of hydrogen-bond donors (Lipinski definition) is 1. The highest BCUT2D eigenvalue weighted by atomic mass is 79.9. The van der Waals surface area contributed by atoms with Crippen LogP contribution in [-0.4, -0.2) is 43.8 Å². The molecule has 0 unspecified atom stereocenters. The maximum Gasteiger partial charge on any atom is 0.264 e. The minimum Gasteiger partial charge on any atom is -0.352 e. The molecule has 0 aromatic heterocycles. The van der Waals surface area contributed by atoms with Gasteiger partial charge in [-0.3, -0.25) is 13.9 Å². The van der Waals surface area contributed by atoms with E-state index in [-0.39, 0.29) is 29.8 Å². The smallest absolute Gasteiger partial charge is 0.264 e. The number of nitrogens with one attached hydrogen (secondary N) is 1. The molecular weight excluding hydrogens is 662 g/mol. The van der Waals surface area contributed by atoms with Crippen LogP contribution in [0.1, 0.15) is 47.9 Å². The lowest BCUT2D eigenvalue weighted by molar-refractivity contribution is -0.140. The highest BCUT2D eigenvalue weighted by molar-refractivity contribution is 9.10. The molecule has 1 atom stereocenters. The van der Waals surface area contributed by atoms with Crippen molar-refractivity contribution in [3.05, 3.63) is 130 Å². The van der Waals surface area contributed by atoms with Crippen LogP contribution in [0.3, 0.4) is 0 Å². The molecule has 0 spiro atoms. The third kappa shape index (κ3) is 8.44. The molecule has 0 bridgehead atoms. The summed E-state index contributed by atoms with van der Waals surface area (Å²) in [5, 5.41) is 3.21. The van der Waals surface area contributed by atoms with Crippen LogP contribution >= 0.6 is 15.9 Å². The first-order valence-electron chi connectivity index (χ1n) is 15.6. The molecule has 0 heterocycles. The number of sulfonamides is 1. The van der Waals surface area contributed by atoms with E-state index in [1.807, 2.05) is 74.5 Å². The van der Waals surface area contributed by atoms with E-state index in [0.717, 1.165) is 56.7 Å². The number of amides is 2. The van der Waals surface area contributed by atoms with Crippen LogP contribution in [0.4, 0.5) is 5.69 Å². The van der Waals surface area contributed by atoms with Gasteiger partial charge in [0.25, 0.3) is 10.0 Å². The summed E-state index contributed by atoms with van der Waals surface area (Å²) >= 11 is 3.53. The highest BCUT2D eigenvalue weighted by Crippen LogP contribution is 2.27. The Morgan fingerprint density at radius 1 is 0.826 bits per heavy atom. The fraction of sp³-hybridized carbons (Fsp3) is 0.297. The fourth-order valence-electron chi connectivity index (χ4n) is 5.90. The van der Waals surface area contributed by atoms with Crippen LogP contribution in [0.15, 0.2) is 112 Å². The van der Waals surface area contributed by atoms with Crippen molar-refractivity contribution in [2.75, 3.05) is 10.8 Å². The van der Waals surface area contributed by atoms with E-state index in [4.69, 9.17) is 0 Å². The molecule has 1 aliphatic rings. The second kappa shape index (κ2) is 15.1. The third-order valence-electron chi connectivity index (χ3n) is 8.39. The quantitative estimate of drug-likeness (QED) is 0.173. The molecule has 0 aliphatic heterocycles. The summed E-state index contributed by atoms with van der Waals surface area (Å²) in [5.74, 6) is -0.706. The van der Waals surface area contributed by atoms with Gasteiger partial charge in [-0.2, -0.15) is 0 Å². The second-order valence-electron chi connectivity index (χ2n) is 12.0. The number of nitrogens with zero attached hydrogens (tertiary/aromatic N) is 2. The Morgan fingerprint density at radius 2 is 1.50 bits per heavy atom. The number of aryl methyl sites for hydroxylation is 2. The number of benzene rings is 4. The molecule has 1 fully saturated rings. The van der Waals surface area contributed by atoms with Gasteiger partial charge in [-0.1, -0.05) is 101 Å². The predicted octanol–water partition coefficient (Wildman–Crippen LogP) is 6.96. The molecule has 4 aromatic rings. The molecule has 9 heteroatoms. The lowest BCUT2D eigenvalue weighted by Gasteiger charge is -2.34. The number of rotatable bonds is 12. The van der Waals surface area contributed by atoms with Crippen molar-refractivity contribution in [3.63, 3.8) is 0 Å². The number of carbonyl (C=O) groups is 2. The van der Waals surface area contributed by atoms with Crippen molar-refractivity contribution < 1.29 is 18.0 Å². The number of halogens is 1. The minimum absolute atomic E-state index is 0.0549. The summed E-state index contributed by atoms with van der Waals surface area (Å²) in [6.07, 6.45) is 4.20. The molecule has 1 N–H and O–H groups in total. The van der Waals surface area contributed by atoms with Crippen molar-refractivity contribution in [2.24, 2.45) is 0 Å². The van der Waals surface area contributed by atoms with Gasteiger partial charge in [0, 0.05) is 23.5 Å². The van der Waals surface area contributed by atoms with Crippen molar-refractivity contribution in [1.82, 2.24) is 10.2 Å². The van der Waals surface area contributed by atoms with Crippen LogP contribution in [0.25, 0.3) is 0 Å². The molecule has 240 valence electrons. The second-order valence-corrected chi connectivity index (χ2v) is 14.8. The summed E-state index contributed by atoms with van der Waals surface area (Å²) in [4.78, 5) is 30.4. The summed E-state index contributed by atoms with van der Waals surface area (Å²) in [6.45, 7) is 3.42. The van der Waals surface area contributed by atoms with E-state index < -0.39 is 28.5 Å². The van der Waals surface area contributed by atoms with Crippen LogP contribution in [0.2, 0.25) is 0 Å². The van der Waals surface area contributed by atoms with Gasteiger partial charge in [0.2, 0.25) is 11.8 Å². The molecule has 4 aromatic carbocycles. The maximum atomic E-state index is 14.6. The van der Waals surface area contributed by atoms with E-state index in [0.29, 0.717) is 5.69 Å². The Hall–Kier alpha value is -3.95. The van der Waals surface area contributed by atoms with Gasteiger partial charge >= 0.3 is 0 Å². The number of carbonyl (C=O) groups excluding carboxylic acids is 2. The number of anilines is 1.